The SMILES string of the molecule is CC1CCC(N)C(C(=O)N2CCOC3CCCCC32)C1. The Bertz CT molecular complexity index is 358. The molecule has 5 atom stereocenters. The van der Waals surface area contributed by atoms with Gasteiger partial charge in [-0.25, -0.2) is 0 Å². The zero-order chi connectivity index (χ0) is 14.1. The van der Waals surface area contributed by atoms with Crippen LogP contribution in [0.5, 0.6) is 0 Å². The molecule has 3 rings (SSSR count). The predicted octanol–water partition coefficient (Wildman–Crippen LogP) is 1.92. The third kappa shape index (κ3) is 2.73. The molecule has 0 spiro atoms. The Morgan fingerprint density at radius 3 is 2.85 bits per heavy atom. The van der Waals surface area contributed by atoms with Crippen molar-refractivity contribution in [2.45, 2.75) is 70.1 Å². The van der Waals surface area contributed by atoms with Crippen LogP contribution in [-0.4, -0.2) is 42.1 Å². The minimum atomic E-state index is 0.0411. The van der Waals surface area contributed by atoms with Crippen LogP contribution in [-0.2, 0) is 9.53 Å². The van der Waals surface area contributed by atoms with Crippen molar-refractivity contribution < 1.29 is 9.53 Å². The maximum absolute atomic E-state index is 13.0. The molecule has 1 saturated heterocycles. The number of nitrogens with zero attached hydrogens (tertiary/aromatic N) is 1. The highest BCUT2D eigenvalue weighted by molar-refractivity contribution is 5.80. The molecule has 20 heavy (non-hydrogen) atoms. The van der Waals surface area contributed by atoms with E-state index < -0.39 is 0 Å². The first-order valence-corrected chi connectivity index (χ1v) is 8.34. The monoisotopic (exact) mass is 280 g/mol. The van der Waals surface area contributed by atoms with Gasteiger partial charge in [0, 0.05) is 12.6 Å². The molecular weight excluding hydrogens is 252 g/mol. The van der Waals surface area contributed by atoms with E-state index >= 15 is 0 Å². The summed E-state index contributed by atoms with van der Waals surface area (Å²) in [5.74, 6) is 0.982. The second kappa shape index (κ2) is 6.02. The summed E-state index contributed by atoms with van der Waals surface area (Å²) in [6.07, 6.45) is 8.09. The summed E-state index contributed by atoms with van der Waals surface area (Å²) in [5.41, 5.74) is 6.24. The highest BCUT2D eigenvalue weighted by Crippen LogP contribution is 2.33. The van der Waals surface area contributed by atoms with E-state index in [0.29, 0.717) is 24.5 Å². The van der Waals surface area contributed by atoms with Crippen LogP contribution >= 0.6 is 0 Å². The van der Waals surface area contributed by atoms with Gasteiger partial charge in [-0.1, -0.05) is 19.8 Å². The van der Waals surface area contributed by atoms with Crippen molar-refractivity contribution in [2.75, 3.05) is 13.2 Å². The van der Waals surface area contributed by atoms with Gasteiger partial charge in [0.05, 0.1) is 24.7 Å². The van der Waals surface area contributed by atoms with E-state index in [-0.39, 0.29) is 18.1 Å². The number of rotatable bonds is 1. The Balaban J connectivity index is 1.71. The molecule has 0 aromatic rings. The number of hydrogen-bond donors (Lipinski definition) is 1. The minimum Gasteiger partial charge on any atom is -0.374 e. The van der Waals surface area contributed by atoms with E-state index in [4.69, 9.17) is 10.5 Å². The molecule has 0 aromatic carbocycles. The van der Waals surface area contributed by atoms with Crippen molar-refractivity contribution in [3.63, 3.8) is 0 Å². The average molecular weight is 280 g/mol. The average Bonchev–Trinajstić information content (AvgIpc) is 2.48. The first-order valence-electron chi connectivity index (χ1n) is 8.34. The quantitative estimate of drug-likeness (QED) is 0.798. The highest BCUT2D eigenvalue weighted by atomic mass is 16.5. The molecule has 1 heterocycles. The van der Waals surface area contributed by atoms with Gasteiger partial charge in [0.15, 0.2) is 0 Å². The third-order valence-electron chi connectivity index (χ3n) is 5.50. The van der Waals surface area contributed by atoms with Gasteiger partial charge in [-0.2, -0.15) is 0 Å². The van der Waals surface area contributed by atoms with E-state index in [0.717, 1.165) is 32.2 Å². The second-order valence-electron chi connectivity index (χ2n) is 6.98. The third-order valence-corrected chi connectivity index (χ3v) is 5.50. The summed E-state index contributed by atoms with van der Waals surface area (Å²) in [6, 6.07) is 0.373. The first kappa shape index (κ1) is 14.3. The molecule has 3 fully saturated rings. The maximum Gasteiger partial charge on any atom is 0.227 e. The molecule has 1 aliphatic heterocycles. The topological polar surface area (TPSA) is 55.6 Å². The largest absolute Gasteiger partial charge is 0.374 e. The van der Waals surface area contributed by atoms with Gasteiger partial charge in [0.2, 0.25) is 5.91 Å². The van der Waals surface area contributed by atoms with Gasteiger partial charge in [0.1, 0.15) is 0 Å². The fourth-order valence-electron chi connectivity index (χ4n) is 4.27. The molecule has 4 heteroatoms. The van der Waals surface area contributed by atoms with E-state index in [9.17, 15) is 4.79 Å². The summed E-state index contributed by atoms with van der Waals surface area (Å²) in [7, 11) is 0. The molecule has 0 aromatic heterocycles. The van der Waals surface area contributed by atoms with Crippen molar-refractivity contribution in [1.29, 1.82) is 0 Å². The molecule has 0 bridgehead atoms. The van der Waals surface area contributed by atoms with Gasteiger partial charge >= 0.3 is 0 Å². The molecular formula is C16H28N2O2. The molecule has 0 radical (unpaired) electrons. The first-order chi connectivity index (χ1) is 9.66. The smallest absolute Gasteiger partial charge is 0.227 e. The normalized spacial score (nSPS) is 42.1. The number of carbonyl (C=O) groups excluding carboxylic acids is 1. The van der Waals surface area contributed by atoms with Gasteiger partial charge in [0.25, 0.3) is 0 Å². The molecule has 3 aliphatic rings. The Kier molecular flexibility index (Phi) is 4.32. The lowest BCUT2D eigenvalue weighted by molar-refractivity contribution is -0.155. The van der Waals surface area contributed by atoms with Crippen molar-refractivity contribution in [3.05, 3.63) is 0 Å². The Morgan fingerprint density at radius 2 is 2.00 bits per heavy atom. The highest BCUT2D eigenvalue weighted by Gasteiger charge is 2.41. The van der Waals surface area contributed by atoms with E-state index in [1.165, 1.54) is 19.3 Å². The van der Waals surface area contributed by atoms with Crippen molar-refractivity contribution in [3.8, 4) is 0 Å². The van der Waals surface area contributed by atoms with Crippen molar-refractivity contribution in [1.82, 2.24) is 4.90 Å². The summed E-state index contributed by atoms with van der Waals surface area (Å²) < 4.78 is 5.87. The number of fused-ring (bicyclic) bond motifs is 1. The minimum absolute atomic E-state index is 0.0411. The molecule has 1 amide bonds. The van der Waals surface area contributed by atoms with Gasteiger partial charge in [-0.15, -0.1) is 0 Å². The van der Waals surface area contributed by atoms with E-state index in [2.05, 4.69) is 11.8 Å². The van der Waals surface area contributed by atoms with Gasteiger partial charge in [-0.05, 0) is 38.0 Å². The molecule has 114 valence electrons. The number of carbonyl (C=O) groups is 1. The van der Waals surface area contributed by atoms with Crippen LogP contribution in [0, 0.1) is 11.8 Å². The van der Waals surface area contributed by atoms with Crippen LogP contribution in [0.15, 0.2) is 0 Å². The van der Waals surface area contributed by atoms with Crippen molar-refractivity contribution >= 4 is 5.91 Å². The second-order valence-corrected chi connectivity index (χ2v) is 6.98. The van der Waals surface area contributed by atoms with Crippen LogP contribution in [0.25, 0.3) is 0 Å². The zero-order valence-corrected chi connectivity index (χ0v) is 12.6. The zero-order valence-electron chi connectivity index (χ0n) is 12.6. The molecule has 2 aliphatic carbocycles. The standard InChI is InChI=1S/C16H28N2O2/c1-11-6-7-13(17)12(10-11)16(19)18-8-9-20-15-5-3-2-4-14(15)18/h11-15H,2-10,17H2,1H3. The summed E-state index contributed by atoms with van der Waals surface area (Å²) in [4.78, 5) is 15.1. The summed E-state index contributed by atoms with van der Waals surface area (Å²) in [5, 5.41) is 0. The Labute approximate surface area is 122 Å². The van der Waals surface area contributed by atoms with Gasteiger partial charge < -0.3 is 15.4 Å². The molecule has 2 N–H and O–H groups in total. The summed E-state index contributed by atoms with van der Waals surface area (Å²) >= 11 is 0. The van der Waals surface area contributed by atoms with E-state index in [1.54, 1.807) is 0 Å². The van der Waals surface area contributed by atoms with Crippen LogP contribution in [0.2, 0.25) is 0 Å². The van der Waals surface area contributed by atoms with E-state index in [1.807, 2.05) is 0 Å². The predicted molar refractivity (Wildman–Crippen MR) is 78.2 cm³/mol. The van der Waals surface area contributed by atoms with Crippen LogP contribution in [0.1, 0.15) is 51.9 Å². The fourth-order valence-corrected chi connectivity index (χ4v) is 4.27. The van der Waals surface area contributed by atoms with Crippen LogP contribution in [0.3, 0.4) is 0 Å². The lowest BCUT2D eigenvalue weighted by atomic mass is 9.78. The number of nitrogens with two attached hydrogens (primary N) is 1. The number of morpholine rings is 1. The van der Waals surface area contributed by atoms with Crippen LogP contribution < -0.4 is 5.73 Å². The maximum atomic E-state index is 13.0. The van der Waals surface area contributed by atoms with Crippen LogP contribution in [0.4, 0.5) is 0 Å². The molecule has 4 nitrogen and oxygen atoms in total. The number of ether oxygens (including phenoxy) is 1. The number of hydrogen-bond acceptors (Lipinski definition) is 3. The lowest BCUT2D eigenvalue weighted by Gasteiger charge is -2.46. The molecule has 5 unspecified atom stereocenters. The number of amides is 1. The fraction of sp³-hybridized carbons (Fsp3) is 0.938. The van der Waals surface area contributed by atoms with Gasteiger partial charge in [-0.3, -0.25) is 4.79 Å². The molecule has 2 saturated carbocycles. The Hall–Kier alpha value is -0.610. The summed E-state index contributed by atoms with van der Waals surface area (Å²) in [6.45, 7) is 3.71. The Morgan fingerprint density at radius 1 is 1.20 bits per heavy atom. The lowest BCUT2D eigenvalue weighted by Crippen LogP contribution is -2.58. The van der Waals surface area contributed by atoms with Crippen molar-refractivity contribution in [2.24, 2.45) is 17.6 Å².